The van der Waals surface area contributed by atoms with Crippen molar-refractivity contribution in [3.05, 3.63) is 4.91 Å². The van der Waals surface area contributed by atoms with E-state index in [2.05, 4.69) is 14.6 Å². The third-order valence-corrected chi connectivity index (χ3v) is 1.74. The Morgan fingerprint density at radius 1 is 1.62 bits per heavy atom. The zero-order valence-corrected chi connectivity index (χ0v) is 8.09. The van der Waals surface area contributed by atoms with E-state index >= 15 is 0 Å². The Labute approximate surface area is 79.5 Å². The minimum absolute atomic E-state index is 0.0791. The molecule has 0 saturated carbocycles. The average molecular weight is 206 g/mol. The van der Waals surface area contributed by atoms with Crippen LogP contribution in [-0.2, 0) is 14.3 Å². The van der Waals surface area contributed by atoms with Crippen LogP contribution in [0.4, 0.5) is 0 Å². The van der Waals surface area contributed by atoms with Gasteiger partial charge in [0.05, 0.1) is 7.11 Å². The highest BCUT2D eigenvalue weighted by Gasteiger charge is 2.20. The third kappa shape index (κ3) is 5.18. The van der Waals surface area contributed by atoms with Crippen molar-refractivity contribution in [1.82, 2.24) is 5.32 Å². The van der Waals surface area contributed by atoms with E-state index in [-0.39, 0.29) is 11.7 Å². The summed E-state index contributed by atoms with van der Waals surface area (Å²) < 4.78 is 6.91. The lowest BCUT2D eigenvalue weighted by atomic mass is 10.3. The zero-order valence-electron chi connectivity index (χ0n) is 7.27. The van der Waals surface area contributed by atoms with Gasteiger partial charge >= 0.3 is 5.97 Å². The van der Waals surface area contributed by atoms with E-state index in [4.69, 9.17) is 0 Å². The molecule has 0 aromatic rings. The number of amides is 1. The molecule has 0 rings (SSSR count). The van der Waals surface area contributed by atoms with Crippen molar-refractivity contribution < 1.29 is 14.3 Å². The molecule has 0 aromatic carbocycles. The van der Waals surface area contributed by atoms with Crippen LogP contribution < -0.4 is 5.32 Å². The Hall–Kier alpha value is -1.11. The molecule has 1 N–H and O–H groups in total. The molecule has 0 aliphatic rings. The number of hydrogen-bond donors (Lipinski definition) is 1. The van der Waals surface area contributed by atoms with Crippen LogP contribution in [-0.4, -0.2) is 30.8 Å². The summed E-state index contributed by atoms with van der Waals surface area (Å²) in [4.78, 5) is 31.3. The van der Waals surface area contributed by atoms with Gasteiger partial charge in [0.25, 0.3) is 0 Å². The number of methoxy groups -OCH3 is 1. The molecular formula is C6H10N2O4S. The number of rotatable bonds is 5. The number of nitrogens with one attached hydrogen (secondary N) is 1. The van der Waals surface area contributed by atoms with Crippen molar-refractivity contribution >= 4 is 23.8 Å². The summed E-state index contributed by atoms with van der Waals surface area (Å²) in [6, 6.07) is -0.815. The summed E-state index contributed by atoms with van der Waals surface area (Å²) >= 11 is 0.656. The van der Waals surface area contributed by atoms with Gasteiger partial charge < -0.3 is 10.1 Å². The van der Waals surface area contributed by atoms with Crippen LogP contribution in [0.15, 0.2) is 4.58 Å². The van der Waals surface area contributed by atoms with E-state index in [1.807, 2.05) is 0 Å². The lowest BCUT2D eigenvalue weighted by Gasteiger charge is -2.12. The Kier molecular flexibility index (Phi) is 5.86. The number of nitrogens with zero attached hydrogens (tertiary/aromatic N) is 1. The molecule has 0 fully saturated rings. The average Bonchev–Trinajstić information content (AvgIpc) is 2.10. The molecule has 0 heterocycles. The van der Waals surface area contributed by atoms with Crippen LogP contribution in [0.3, 0.4) is 0 Å². The van der Waals surface area contributed by atoms with Crippen LogP contribution in [0, 0.1) is 4.91 Å². The lowest BCUT2D eigenvalue weighted by Crippen LogP contribution is -2.42. The largest absolute Gasteiger partial charge is 0.467 e. The minimum atomic E-state index is -0.815. The van der Waals surface area contributed by atoms with Gasteiger partial charge in [-0.3, -0.25) is 4.79 Å². The highest BCUT2D eigenvalue weighted by Crippen LogP contribution is 2.04. The van der Waals surface area contributed by atoms with E-state index in [1.54, 1.807) is 0 Å². The van der Waals surface area contributed by atoms with Crippen LogP contribution in [0.25, 0.3) is 0 Å². The summed E-state index contributed by atoms with van der Waals surface area (Å²) in [5.74, 6) is -0.872. The molecule has 0 aliphatic carbocycles. The molecule has 74 valence electrons. The molecule has 0 spiro atoms. The van der Waals surface area contributed by atoms with Crippen molar-refractivity contribution in [2.45, 2.75) is 13.0 Å². The summed E-state index contributed by atoms with van der Waals surface area (Å²) in [7, 11) is 1.20. The first-order chi connectivity index (χ1) is 6.11. The highest BCUT2D eigenvalue weighted by molar-refractivity contribution is 7.97. The van der Waals surface area contributed by atoms with Crippen LogP contribution in [0.1, 0.15) is 6.92 Å². The number of nitroso groups, excluding NO2 is 1. The first-order valence-electron chi connectivity index (χ1n) is 3.41. The maximum Gasteiger partial charge on any atom is 0.329 e. The second kappa shape index (κ2) is 6.41. The topological polar surface area (TPSA) is 84.8 Å². The molecule has 6 nitrogen and oxygen atoms in total. The molecule has 1 amide bonds. The number of carbonyl (C=O) groups is 2. The number of ether oxygens (including phenoxy) is 1. The first-order valence-corrected chi connectivity index (χ1v) is 4.35. The summed E-state index contributed by atoms with van der Waals surface area (Å²) in [6.07, 6.45) is 0. The van der Waals surface area contributed by atoms with Gasteiger partial charge in [-0.25, -0.2) is 4.79 Å². The van der Waals surface area contributed by atoms with E-state index in [9.17, 15) is 14.5 Å². The van der Waals surface area contributed by atoms with Crippen LogP contribution >= 0.6 is 11.9 Å². The minimum Gasteiger partial charge on any atom is -0.467 e. The molecule has 0 bridgehead atoms. The maximum atomic E-state index is 11.0. The quantitative estimate of drug-likeness (QED) is 0.391. The van der Waals surface area contributed by atoms with Crippen molar-refractivity contribution in [3.8, 4) is 0 Å². The van der Waals surface area contributed by atoms with Gasteiger partial charge in [0.1, 0.15) is 6.04 Å². The molecule has 1 atom stereocenters. The second-order valence-corrected chi connectivity index (χ2v) is 2.89. The molecule has 13 heavy (non-hydrogen) atoms. The van der Waals surface area contributed by atoms with Crippen molar-refractivity contribution in [3.63, 3.8) is 0 Å². The molecular weight excluding hydrogens is 196 g/mol. The predicted octanol–water partition coefficient (Wildman–Crippen LogP) is 0.0787. The molecule has 0 saturated heterocycles. The maximum absolute atomic E-state index is 11.0. The fourth-order valence-corrected chi connectivity index (χ4v) is 1.09. The standard InChI is InChI=1S/C6H10N2O4S/c1-4(9)7-5(3-13-8-11)6(10)12-2/h5H,3H2,1-2H3,(H,7,9). The van der Waals surface area contributed by atoms with E-state index in [0.29, 0.717) is 11.9 Å². The molecule has 0 aromatic heterocycles. The zero-order chi connectivity index (χ0) is 10.3. The van der Waals surface area contributed by atoms with Crippen molar-refractivity contribution in [2.75, 3.05) is 12.9 Å². The molecule has 7 heteroatoms. The fourth-order valence-electron chi connectivity index (χ4n) is 0.661. The Morgan fingerprint density at radius 3 is 2.62 bits per heavy atom. The SMILES string of the molecule is COC(=O)C(CSN=O)NC(C)=O. The van der Waals surface area contributed by atoms with Gasteiger partial charge in [-0.15, -0.1) is 4.91 Å². The summed E-state index contributed by atoms with van der Waals surface area (Å²) in [5.41, 5.74) is 0. The van der Waals surface area contributed by atoms with Crippen LogP contribution in [0.5, 0.6) is 0 Å². The van der Waals surface area contributed by atoms with Crippen molar-refractivity contribution in [1.29, 1.82) is 0 Å². The van der Waals surface area contributed by atoms with Gasteiger partial charge in [-0.05, 0) is 0 Å². The Bertz CT molecular complexity index is 209. The highest BCUT2D eigenvalue weighted by atomic mass is 32.2. The summed E-state index contributed by atoms with van der Waals surface area (Å²) in [6.45, 7) is 1.27. The number of carbonyl (C=O) groups excluding carboxylic acids is 2. The van der Waals surface area contributed by atoms with Gasteiger partial charge in [-0.2, -0.15) is 0 Å². The summed E-state index contributed by atoms with van der Waals surface area (Å²) in [5, 5.41) is 2.33. The molecule has 0 radical (unpaired) electrons. The van der Waals surface area contributed by atoms with Gasteiger partial charge in [0.15, 0.2) is 0 Å². The Morgan fingerprint density at radius 2 is 2.23 bits per heavy atom. The van der Waals surface area contributed by atoms with Crippen molar-refractivity contribution in [2.24, 2.45) is 4.58 Å². The predicted molar refractivity (Wildman–Crippen MR) is 47.9 cm³/mol. The fraction of sp³-hybridized carbons (Fsp3) is 0.667. The third-order valence-electron chi connectivity index (χ3n) is 1.16. The second-order valence-electron chi connectivity index (χ2n) is 2.15. The smallest absolute Gasteiger partial charge is 0.329 e. The normalized spacial score (nSPS) is 11.5. The number of hydrogen-bond acceptors (Lipinski definition) is 6. The molecule has 0 aliphatic heterocycles. The first kappa shape index (κ1) is 11.9. The monoisotopic (exact) mass is 206 g/mol. The van der Waals surface area contributed by atoms with E-state index < -0.39 is 12.0 Å². The van der Waals surface area contributed by atoms with Gasteiger partial charge in [0, 0.05) is 29.2 Å². The van der Waals surface area contributed by atoms with Gasteiger partial charge in [-0.1, -0.05) is 0 Å². The van der Waals surface area contributed by atoms with E-state index in [0.717, 1.165) is 0 Å². The van der Waals surface area contributed by atoms with Gasteiger partial charge in [0.2, 0.25) is 5.91 Å². The molecule has 1 unspecified atom stereocenters. The lowest BCUT2D eigenvalue weighted by molar-refractivity contribution is -0.144. The van der Waals surface area contributed by atoms with Crippen LogP contribution in [0.2, 0.25) is 0 Å². The number of esters is 1. The van der Waals surface area contributed by atoms with E-state index in [1.165, 1.54) is 14.0 Å². The Balaban J connectivity index is 4.09.